The largest absolute Gasteiger partial charge is 0.381 e. The Hall–Kier alpha value is -2.26. The highest BCUT2D eigenvalue weighted by atomic mass is 19.2. The first-order chi connectivity index (χ1) is 13.0. The maximum absolute atomic E-state index is 13.5. The number of hydrogen-bond donors (Lipinski definition) is 0. The first-order valence-electron chi connectivity index (χ1n) is 8.42. The van der Waals surface area contributed by atoms with Gasteiger partial charge in [0.2, 0.25) is 0 Å². The van der Waals surface area contributed by atoms with Crippen LogP contribution in [-0.2, 0) is 22.7 Å². The minimum absolute atomic E-state index is 0.125. The van der Waals surface area contributed by atoms with Gasteiger partial charge in [0.15, 0.2) is 34.8 Å². The number of ketones is 1. The molecule has 0 amide bonds. The first-order valence-corrected chi connectivity index (χ1v) is 8.42. The van der Waals surface area contributed by atoms with E-state index in [1.807, 2.05) is 0 Å². The second-order valence-electron chi connectivity index (χ2n) is 6.31. The molecule has 0 aliphatic carbocycles. The van der Waals surface area contributed by atoms with Crippen LogP contribution < -0.4 is 0 Å². The number of carbonyl (C=O) groups excluding carboxylic acids is 1. The van der Waals surface area contributed by atoms with Crippen LogP contribution in [-0.4, -0.2) is 24.2 Å². The molecule has 27 heavy (non-hydrogen) atoms. The summed E-state index contributed by atoms with van der Waals surface area (Å²) in [6.07, 6.45) is 1.93. The molecule has 9 heteroatoms. The van der Waals surface area contributed by atoms with E-state index in [9.17, 15) is 22.4 Å². The zero-order chi connectivity index (χ0) is 19.4. The predicted molar refractivity (Wildman–Crippen MR) is 83.8 cm³/mol. The number of hydrogen-bond acceptors (Lipinski definition) is 5. The molecule has 3 rings (SSSR count). The van der Waals surface area contributed by atoms with Gasteiger partial charge in [-0.1, -0.05) is 5.16 Å². The van der Waals surface area contributed by atoms with Crippen LogP contribution in [0.25, 0.3) is 0 Å². The molecule has 1 unspecified atom stereocenters. The molecule has 1 aromatic heterocycles. The van der Waals surface area contributed by atoms with E-state index in [1.165, 1.54) is 6.07 Å². The minimum atomic E-state index is -1.52. The minimum Gasteiger partial charge on any atom is -0.381 e. The quantitative estimate of drug-likeness (QED) is 0.390. The van der Waals surface area contributed by atoms with Gasteiger partial charge >= 0.3 is 0 Å². The molecule has 0 radical (unpaired) electrons. The molecular weight excluding hydrogens is 370 g/mol. The van der Waals surface area contributed by atoms with Gasteiger partial charge in [-0.15, -0.1) is 0 Å². The van der Waals surface area contributed by atoms with Crippen LogP contribution in [0.1, 0.15) is 41.1 Å². The standard InChI is InChI=1S/C18H17F4NO4/c19-13-6-14(20)18(22)12(17(13)21)9-26-8-11-5-15(23-27-11)16(24)2-1-10-3-4-25-7-10/h5-6,10H,1-4,7-9H2. The van der Waals surface area contributed by atoms with Crippen molar-refractivity contribution in [3.63, 3.8) is 0 Å². The number of halogens is 4. The lowest BCUT2D eigenvalue weighted by atomic mass is 10.00. The Labute approximate surface area is 152 Å². The molecule has 2 heterocycles. The van der Waals surface area contributed by atoms with Crippen LogP contribution in [0.15, 0.2) is 16.7 Å². The van der Waals surface area contributed by atoms with E-state index >= 15 is 0 Å². The highest BCUT2D eigenvalue weighted by molar-refractivity contribution is 5.94. The van der Waals surface area contributed by atoms with E-state index < -0.39 is 35.4 Å². The van der Waals surface area contributed by atoms with E-state index in [1.54, 1.807) is 0 Å². The Morgan fingerprint density at radius 2 is 1.89 bits per heavy atom. The Kier molecular flexibility index (Phi) is 6.22. The average molecular weight is 387 g/mol. The number of nitrogens with zero attached hydrogens (tertiary/aromatic N) is 1. The van der Waals surface area contributed by atoms with Crippen molar-refractivity contribution in [3.8, 4) is 0 Å². The zero-order valence-electron chi connectivity index (χ0n) is 14.3. The van der Waals surface area contributed by atoms with Gasteiger partial charge in [-0.2, -0.15) is 0 Å². The fourth-order valence-corrected chi connectivity index (χ4v) is 2.79. The second-order valence-corrected chi connectivity index (χ2v) is 6.31. The lowest BCUT2D eigenvalue weighted by Gasteiger charge is -2.07. The second kappa shape index (κ2) is 8.62. The number of carbonyl (C=O) groups is 1. The lowest BCUT2D eigenvalue weighted by molar-refractivity contribution is 0.0830. The molecule has 0 saturated carbocycles. The zero-order valence-corrected chi connectivity index (χ0v) is 14.3. The molecule has 0 spiro atoms. The van der Waals surface area contributed by atoms with Crippen LogP contribution in [0.5, 0.6) is 0 Å². The van der Waals surface area contributed by atoms with Gasteiger partial charge in [0, 0.05) is 31.8 Å². The molecule has 1 atom stereocenters. The summed E-state index contributed by atoms with van der Waals surface area (Å²) in [4.78, 5) is 12.1. The van der Waals surface area contributed by atoms with Gasteiger partial charge in [-0.3, -0.25) is 4.79 Å². The topological polar surface area (TPSA) is 61.6 Å². The molecule has 1 aliphatic heterocycles. The number of Topliss-reactive ketones (excluding diaryl/α,β-unsaturated/α-hetero) is 1. The SMILES string of the molecule is O=C(CCC1CCOC1)c1cc(COCc2c(F)c(F)cc(F)c2F)on1. The van der Waals surface area contributed by atoms with Crippen LogP contribution >= 0.6 is 0 Å². The van der Waals surface area contributed by atoms with Crippen molar-refractivity contribution in [1.82, 2.24) is 5.16 Å². The number of rotatable bonds is 8. The highest BCUT2D eigenvalue weighted by Crippen LogP contribution is 2.21. The molecule has 0 bridgehead atoms. The van der Waals surface area contributed by atoms with Crippen LogP contribution in [0.2, 0.25) is 0 Å². The van der Waals surface area contributed by atoms with Gasteiger partial charge in [0.05, 0.1) is 12.2 Å². The Morgan fingerprint density at radius 3 is 2.56 bits per heavy atom. The third-order valence-corrected chi connectivity index (χ3v) is 4.34. The van der Waals surface area contributed by atoms with Gasteiger partial charge in [0.1, 0.15) is 12.3 Å². The fourth-order valence-electron chi connectivity index (χ4n) is 2.79. The maximum atomic E-state index is 13.5. The summed E-state index contributed by atoms with van der Waals surface area (Å²) in [5, 5.41) is 3.65. The van der Waals surface area contributed by atoms with Crippen LogP contribution in [0.3, 0.4) is 0 Å². The Bertz CT molecular complexity index is 792. The molecule has 2 aromatic rings. The Morgan fingerprint density at radius 1 is 1.15 bits per heavy atom. The molecule has 1 aliphatic rings. The summed E-state index contributed by atoms with van der Waals surface area (Å²) < 4.78 is 68.6. The number of ether oxygens (including phenoxy) is 2. The van der Waals surface area contributed by atoms with Crippen molar-refractivity contribution >= 4 is 5.78 Å². The summed E-state index contributed by atoms with van der Waals surface area (Å²) >= 11 is 0. The third-order valence-electron chi connectivity index (χ3n) is 4.34. The smallest absolute Gasteiger partial charge is 0.184 e. The molecule has 1 fully saturated rings. The van der Waals surface area contributed by atoms with Crippen molar-refractivity contribution < 1.29 is 36.4 Å². The van der Waals surface area contributed by atoms with Crippen molar-refractivity contribution in [2.24, 2.45) is 5.92 Å². The molecule has 146 valence electrons. The van der Waals surface area contributed by atoms with Crippen LogP contribution in [0, 0.1) is 29.2 Å². The summed E-state index contributed by atoms with van der Waals surface area (Å²) in [5.41, 5.74) is -0.733. The van der Waals surface area contributed by atoms with Gasteiger partial charge < -0.3 is 14.0 Å². The van der Waals surface area contributed by atoms with Gasteiger partial charge in [-0.05, 0) is 18.8 Å². The van der Waals surface area contributed by atoms with Crippen molar-refractivity contribution in [2.45, 2.75) is 32.5 Å². The summed E-state index contributed by atoms with van der Waals surface area (Å²) in [5.74, 6) is -5.72. The van der Waals surface area contributed by atoms with Crippen molar-refractivity contribution in [3.05, 3.63) is 52.4 Å². The summed E-state index contributed by atoms with van der Waals surface area (Å²) in [7, 11) is 0. The number of benzene rings is 1. The van der Waals surface area contributed by atoms with Gasteiger partial charge in [-0.25, -0.2) is 17.6 Å². The predicted octanol–water partition coefficient (Wildman–Crippen LogP) is 3.95. The van der Waals surface area contributed by atoms with Crippen molar-refractivity contribution in [2.75, 3.05) is 13.2 Å². The van der Waals surface area contributed by atoms with E-state index in [4.69, 9.17) is 14.0 Å². The molecule has 1 aromatic carbocycles. The van der Waals surface area contributed by atoms with Gasteiger partial charge in [0.25, 0.3) is 0 Å². The average Bonchev–Trinajstić information content (AvgIpc) is 3.33. The summed E-state index contributed by atoms with van der Waals surface area (Å²) in [6, 6.07) is 1.49. The van der Waals surface area contributed by atoms with Crippen LogP contribution in [0.4, 0.5) is 17.6 Å². The van der Waals surface area contributed by atoms with E-state index in [2.05, 4.69) is 5.16 Å². The molecule has 0 N–H and O–H groups in total. The van der Waals surface area contributed by atoms with E-state index in [0.29, 0.717) is 32.0 Å². The monoisotopic (exact) mass is 387 g/mol. The highest BCUT2D eigenvalue weighted by Gasteiger charge is 2.21. The molecule has 5 nitrogen and oxygen atoms in total. The Balaban J connectivity index is 1.52. The molecule has 1 saturated heterocycles. The lowest BCUT2D eigenvalue weighted by Crippen LogP contribution is -2.05. The summed E-state index contributed by atoms with van der Waals surface area (Å²) in [6.45, 7) is 0.380. The number of aromatic nitrogens is 1. The normalized spacial score (nSPS) is 16.8. The molecular formula is C18H17F4NO4. The van der Waals surface area contributed by atoms with E-state index in [-0.39, 0.29) is 29.9 Å². The fraction of sp³-hybridized carbons (Fsp3) is 0.444. The van der Waals surface area contributed by atoms with Crippen molar-refractivity contribution in [1.29, 1.82) is 0 Å². The maximum Gasteiger partial charge on any atom is 0.184 e. The van der Waals surface area contributed by atoms with E-state index in [0.717, 1.165) is 6.42 Å². The first kappa shape index (κ1) is 19.5. The third kappa shape index (κ3) is 4.72.